The lowest BCUT2D eigenvalue weighted by Gasteiger charge is -2.37. The number of piperidine rings is 1. The summed E-state index contributed by atoms with van der Waals surface area (Å²) in [6.45, 7) is 4.28. The van der Waals surface area contributed by atoms with Gasteiger partial charge in [-0.05, 0) is 0 Å². The molecule has 5 heteroatoms. The molecule has 2 aliphatic heterocycles. The van der Waals surface area contributed by atoms with Gasteiger partial charge >= 0.3 is 0 Å². The monoisotopic (exact) mass is 224 g/mol. The van der Waals surface area contributed by atoms with Crippen molar-refractivity contribution >= 4 is 0 Å². The average Bonchev–Trinajstić information content (AvgIpc) is 2.94. The van der Waals surface area contributed by atoms with Crippen LogP contribution in [0.5, 0.6) is 0 Å². The second-order valence-corrected chi connectivity index (χ2v) is 4.36. The number of rotatable bonds is 2. The number of hydrogen-bond acceptors (Lipinski definition) is 5. The lowest BCUT2D eigenvalue weighted by Crippen LogP contribution is -2.44. The van der Waals surface area contributed by atoms with E-state index in [1.165, 1.54) is 0 Å². The summed E-state index contributed by atoms with van der Waals surface area (Å²) >= 11 is 0. The summed E-state index contributed by atoms with van der Waals surface area (Å²) in [4.78, 5) is 2.34. The van der Waals surface area contributed by atoms with Crippen molar-refractivity contribution in [1.82, 2.24) is 10.1 Å². The first kappa shape index (κ1) is 10.3. The summed E-state index contributed by atoms with van der Waals surface area (Å²) in [7, 11) is 0. The molecule has 1 spiro atoms. The van der Waals surface area contributed by atoms with Crippen molar-refractivity contribution in [3.8, 4) is 0 Å². The van der Waals surface area contributed by atoms with E-state index in [0.717, 1.165) is 51.4 Å². The van der Waals surface area contributed by atoms with Gasteiger partial charge in [0.1, 0.15) is 0 Å². The molecule has 0 bridgehead atoms. The van der Waals surface area contributed by atoms with Gasteiger partial charge in [-0.15, -0.1) is 0 Å². The van der Waals surface area contributed by atoms with Gasteiger partial charge in [-0.1, -0.05) is 5.16 Å². The Kier molecular flexibility index (Phi) is 2.67. The predicted octanol–water partition coefficient (Wildman–Crippen LogP) is 1.01. The molecule has 2 aliphatic rings. The topological polar surface area (TPSA) is 47.7 Å². The van der Waals surface area contributed by atoms with E-state index in [1.54, 1.807) is 6.20 Å². The Balaban J connectivity index is 1.54. The minimum absolute atomic E-state index is 0.280. The van der Waals surface area contributed by atoms with E-state index in [1.807, 2.05) is 6.07 Å². The molecule has 88 valence electrons. The van der Waals surface area contributed by atoms with Crippen molar-refractivity contribution in [3.05, 3.63) is 18.0 Å². The minimum Gasteiger partial charge on any atom is -0.360 e. The molecule has 3 rings (SSSR count). The highest BCUT2D eigenvalue weighted by atomic mass is 16.7. The Labute approximate surface area is 94.3 Å². The second-order valence-electron chi connectivity index (χ2n) is 4.36. The van der Waals surface area contributed by atoms with E-state index < -0.39 is 0 Å². The lowest BCUT2D eigenvalue weighted by atomic mass is 10.0. The molecule has 0 N–H and O–H groups in total. The van der Waals surface area contributed by atoms with Crippen LogP contribution in [0.3, 0.4) is 0 Å². The highest BCUT2D eigenvalue weighted by Crippen LogP contribution is 2.31. The largest absolute Gasteiger partial charge is 0.360 e. The van der Waals surface area contributed by atoms with Gasteiger partial charge in [0.2, 0.25) is 0 Å². The molecule has 2 saturated heterocycles. The fourth-order valence-electron chi connectivity index (χ4n) is 2.38. The molecule has 0 atom stereocenters. The van der Waals surface area contributed by atoms with Crippen LogP contribution in [0.25, 0.3) is 0 Å². The maximum Gasteiger partial charge on any atom is 0.170 e. The quantitative estimate of drug-likeness (QED) is 0.750. The number of hydrogen-bond donors (Lipinski definition) is 0. The molecule has 0 saturated carbocycles. The summed E-state index contributed by atoms with van der Waals surface area (Å²) in [6.07, 6.45) is 3.58. The first-order valence-electron chi connectivity index (χ1n) is 5.76. The minimum atomic E-state index is -0.280. The number of likely N-dealkylation sites (tertiary alicyclic amines) is 1. The third-order valence-electron chi connectivity index (χ3n) is 3.30. The maximum atomic E-state index is 5.68. The van der Waals surface area contributed by atoms with E-state index in [2.05, 4.69) is 10.1 Å². The number of nitrogens with zero attached hydrogens (tertiary/aromatic N) is 2. The van der Waals surface area contributed by atoms with E-state index in [9.17, 15) is 0 Å². The molecule has 1 aromatic rings. The summed E-state index contributed by atoms with van der Waals surface area (Å²) in [5, 5.41) is 3.71. The SMILES string of the molecule is c1cc(CN2CCC3(CC2)OCCO3)on1. The van der Waals surface area contributed by atoms with Gasteiger partial charge in [-0.2, -0.15) is 0 Å². The van der Waals surface area contributed by atoms with Gasteiger partial charge in [0, 0.05) is 32.0 Å². The average molecular weight is 224 g/mol. The zero-order valence-corrected chi connectivity index (χ0v) is 9.22. The number of aromatic nitrogens is 1. The molecule has 2 fully saturated rings. The fraction of sp³-hybridized carbons (Fsp3) is 0.727. The molecular weight excluding hydrogens is 208 g/mol. The highest BCUT2D eigenvalue weighted by molar-refractivity contribution is 4.94. The third-order valence-corrected chi connectivity index (χ3v) is 3.30. The molecule has 5 nitrogen and oxygen atoms in total. The van der Waals surface area contributed by atoms with Crippen LogP contribution in [-0.4, -0.2) is 42.1 Å². The Hall–Kier alpha value is -0.910. The standard InChI is InChI=1S/C11H16N2O3/c1-4-12-16-10(1)9-13-5-2-11(3-6-13)14-7-8-15-11/h1,4H,2-3,5-9H2. The Morgan fingerprint density at radius 1 is 1.25 bits per heavy atom. The summed E-state index contributed by atoms with van der Waals surface area (Å²) in [5.74, 6) is 0.641. The number of ether oxygens (including phenoxy) is 2. The molecule has 0 radical (unpaired) electrons. The molecule has 3 heterocycles. The van der Waals surface area contributed by atoms with Gasteiger partial charge in [-0.25, -0.2) is 0 Å². The maximum absolute atomic E-state index is 5.68. The van der Waals surface area contributed by atoms with Gasteiger partial charge < -0.3 is 14.0 Å². The third kappa shape index (κ3) is 1.98. The Morgan fingerprint density at radius 3 is 2.62 bits per heavy atom. The Morgan fingerprint density at radius 2 is 2.00 bits per heavy atom. The van der Waals surface area contributed by atoms with Crippen molar-refractivity contribution < 1.29 is 14.0 Å². The van der Waals surface area contributed by atoms with Crippen molar-refractivity contribution in [1.29, 1.82) is 0 Å². The van der Waals surface area contributed by atoms with Gasteiger partial charge in [-0.3, -0.25) is 4.90 Å². The predicted molar refractivity (Wildman–Crippen MR) is 55.6 cm³/mol. The molecule has 0 aromatic carbocycles. The molecule has 1 aromatic heterocycles. The molecular formula is C11H16N2O3. The van der Waals surface area contributed by atoms with Crippen LogP contribution < -0.4 is 0 Å². The van der Waals surface area contributed by atoms with Crippen LogP contribution in [-0.2, 0) is 16.0 Å². The van der Waals surface area contributed by atoms with E-state index >= 15 is 0 Å². The molecule has 0 amide bonds. The summed E-state index contributed by atoms with van der Waals surface area (Å²) in [5.41, 5.74) is 0. The van der Waals surface area contributed by atoms with Crippen LogP contribution in [0.4, 0.5) is 0 Å². The van der Waals surface area contributed by atoms with Crippen LogP contribution in [0.15, 0.2) is 16.8 Å². The summed E-state index contributed by atoms with van der Waals surface area (Å²) in [6, 6.07) is 1.91. The van der Waals surface area contributed by atoms with Gasteiger partial charge in [0.05, 0.1) is 26.0 Å². The van der Waals surface area contributed by atoms with E-state index in [0.29, 0.717) is 0 Å². The van der Waals surface area contributed by atoms with Crippen molar-refractivity contribution in [2.24, 2.45) is 0 Å². The van der Waals surface area contributed by atoms with Gasteiger partial charge in [0.25, 0.3) is 0 Å². The zero-order valence-electron chi connectivity index (χ0n) is 9.22. The second kappa shape index (κ2) is 4.16. The zero-order chi connectivity index (χ0) is 10.8. The van der Waals surface area contributed by atoms with E-state index in [-0.39, 0.29) is 5.79 Å². The van der Waals surface area contributed by atoms with Crippen LogP contribution in [0, 0.1) is 0 Å². The van der Waals surface area contributed by atoms with Crippen LogP contribution >= 0.6 is 0 Å². The smallest absolute Gasteiger partial charge is 0.170 e. The van der Waals surface area contributed by atoms with Crippen LogP contribution in [0.2, 0.25) is 0 Å². The van der Waals surface area contributed by atoms with E-state index in [4.69, 9.17) is 14.0 Å². The molecule has 0 unspecified atom stereocenters. The Bertz CT molecular complexity index is 323. The normalized spacial score (nSPS) is 25.2. The van der Waals surface area contributed by atoms with Gasteiger partial charge in [0.15, 0.2) is 11.5 Å². The molecule has 0 aliphatic carbocycles. The van der Waals surface area contributed by atoms with Crippen molar-refractivity contribution in [3.63, 3.8) is 0 Å². The first-order chi connectivity index (χ1) is 7.86. The van der Waals surface area contributed by atoms with Crippen LogP contribution in [0.1, 0.15) is 18.6 Å². The van der Waals surface area contributed by atoms with Crippen molar-refractivity contribution in [2.45, 2.75) is 25.2 Å². The van der Waals surface area contributed by atoms with Crippen molar-refractivity contribution in [2.75, 3.05) is 26.3 Å². The fourth-order valence-corrected chi connectivity index (χ4v) is 2.38. The summed E-state index contributed by atoms with van der Waals surface area (Å²) < 4.78 is 16.5. The molecule has 16 heavy (non-hydrogen) atoms. The first-order valence-corrected chi connectivity index (χ1v) is 5.76. The highest BCUT2D eigenvalue weighted by Gasteiger charge is 2.39. The lowest BCUT2D eigenvalue weighted by molar-refractivity contribution is -0.186.